The molecule has 1 heterocycles. The van der Waals surface area contributed by atoms with E-state index in [9.17, 15) is 0 Å². The van der Waals surface area contributed by atoms with Gasteiger partial charge in [0.25, 0.3) is 0 Å². The molecule has 0 bridgehead atoms. The van der Waals surface area contributed by atoms with Crippen LogP contribution in [0, 0.1) is 0 Å². The highest BCUT2D eigenvalue weighted by molar-refractivity contribution is 5.02. The molecule has 0 aliphatic rings. The van der Waals surface area contributed by atoms with Crippen LogP contribution < -0.4 is 5.32 Å². The van der Waals surface area contributed by atoms with E-state index in [4.69, 9.17) is 0 Å². The predicted octanol–water partition coefficient (Wildman–Crippen LogP) is 1.15. The number of nitrogens with zero attached hydrogens (tertiary/aromatic N) is 2. The molecule has 1 aromatic rings. The van der Waals surface area contributed by atoms with Crippen LogP contribution in [0.5, 0.6) is 0 Å². The minimum atomic E-state index is 0.748. The lowest BCUT2D eigenvalue weighted by Gasteiger charge is -2.00. The Morgan fingerprint density at radius 3 is 3.00 bits per heavy atom. The summed E-state index contributed by atoms with van der Waals surface area (Å²) in [7, 11) is 1.90. The molecule has 0 aromatic carbocycles. The fraction of sp³-hybridized carbons (Fsp3) is 0.556. The SMILES string of the molecule is CCCc1ccnc(CNC)n1. The lowest BCUT2D eigenvalue weighted by molar-refractivity contribution is 0.740. The Morgan fingerprint density at radius 1 is 1.50 bits per heavy atom. The van der Waals surface area contributed by atoms with E-state index in [2.05, 4.69) is 22.2 Å². The lowest BCUT2D eigenvalue weighted by Crippen LogP contribution is -2.09. The molecule has 66 valence electrons. The minimum absolute atomic E-state index is 0.748. The molecule has 0 spiro atoms. The summed E-state index contributed by atoms with van der Waals surface area (Å²) in [6.45, 7) is 2.90. The smallest absolute Gasteiger partial charge is 0.142 e. The van der Waals surface area contributed by atoms with E-state index in [0.717, 1.165) is 30.9 Å². The molecule has 0 fully saturated rings. The van der Waals surface area contributed by atoms with Crippen LogP contribution in [-0.4, -0.2) is 17.0 Å². The van der Waals surface area contributed by atoms with Crippen molar-refractivity contribution in [1.82, 2.24) is 15.3 Å². The summed E-state index contributed by atoms with van der Waals surface area (Å²) in [6, 6.07) is 1.97. The third-order valence-electron chi connectivity index (χ3n) is 1.60. The number of hydrogen-bond donors (Lipinski definition) is 1. The molecule has 1 N–H and O–H groups in total. The van der Waals surface area contributed by atoms with Gasteiger partial charge in [0.1, 0.15) is 5.82 Å². The standard InChI is InChI=1S/C9H15N3/c1-3-4-8-5-6-11-9(12-8)7-10-2/h5-6,10H,3-4,7H2,1-2H3. The first kappa shape index (κ1) is 9.13. The fourth-order valence-electron chi connectivity index (χ4n) is 1.08. The van der Waals surface area contributed by atoms with Crippen LogP contribution in [0.4, 0.5) is 0 Å². The van der Waals surface area contributed by atoms with Crippen LogP contribution in [0.15, 0.2) is 12.3 Å². The first-order valence-electron chi connectivity index (χ1n) is 4.32. The molecule has 0 amide bonds. The monoisotopic (exact) mass is 165 g/mol. The van der Waals surface area contributed by atoms with Crippen LogP contribution in [0.2, 0.25) is 0 Å². The van der Waals surface area contributed by atoms with Gasteiger partial charge in [-0.2, -0.15) is 0 Å². The number of hydrogen-bond acceptors (Lipinski definition) is 3. The van der Waals surface area contributed by atoms with Gasteiger partial charge < -0.3 is 5.32 Å². The Morgan fingerprint density at radius 2 is 2.33 bits per heavy atom. The minimum Gasteiger partial charge on any atom is -0.313 e. The van der Waals surface area contributed by atoms with E-state index in [0.29, 0.717) is 0 Å². The van der Waals surface area contributed by atoms with E-state index in [1.807, 2.05) is 19.3 Å². The quantitative estimate of drug-likeness (QED) is 0.727. The lowest BCUT2D eigenvalue weighted by atomic mass is 10.2. The summed E-state index contributed by atoms with van der Waals surface area (Å²) in [6.07, 6.45) is 4.00. The van der Waals surface area contributed by atoms with Crippen LogP contribution in [0.1, 0.15) is 24.9 Å². The van der Waals surface area contributed by atoms with E-state index < -0.39 is 0 Å². The molecule has 0 radical (unpaired) electrons. The van der Waals surface area contributed by atoms with Crippen molar-refractivity contribution < 1.29 is 0 Å². The second kappa shape index (κ2) is 4.83. The van der Waals surface area contributed by atoms with E-state index in [1.54, 1.807) is 0 Å². The third kappa shape index (κ3) is 2.58. The van der Waals surface area contributed by atoms with E-state index in [1.165, 1.54) is 0 Å². The van der Waals surface area contributed by atoms with Gasteiger partial charge in [0.15, 0.2) is 0 Å². The highest BCUT2D eigenvalue weighted by atomic mass is 14.9. The van der Waals surface area contributed by atoms with Gasteiger partial charge in [0.2, 0.25) is 0 Å². The molecule has 3 heteroatoms. The zero-order valence-corrected chi connectivity index (χ0v) is 7.67. The van der Waals surface area contributed by atoms with Gasteiger partial charge in [-0.25, -0.2) is 9.97 Å². The molecule has 12 heavy (non-hydrogen) atoms. The maximum Gasteiger partial charge on any atom is 0.142 e. The van der Waals surface area contributed by atoms with Crippen molar-refractivity contribution in [3.63, 3.8) is 0 Å². The van der Waals surface area contributed by atoms with Gasteiger partial charge in [0.05, 0.1) is 6.54 Å². The van der Waals surface area contributed by atoms with Gasteiger partial charge >= 0.3 is 0 Å². The van der Waals surface area contributed by atoms with Crippen LogP contribution in [-0.2, 0) is 13.0 Å². The largest absolute Gasteiger partial charge is 0.313 e. The van der Waals surface area contributed by atoms with Crippen molar-refractivity contribution in [2.24, 2.45) is 0 Å². The van der Waals surface area contributed by atoms with Crippen LogP contribution in [0.3, 0.4) is 0 Å². The van der Waals surface area contributed by atoms with E-state index >= 15 is 0 Å². The van der Waals surface area contributed by atoms with Gasteiger partial charge in [-0.15, -0.1) is 0 Å². The molecule has 0 saturated heterocycles. The molecule has 0 saturated carbocycles. The Hall–Kier alpha value is -0.960. The molecular formula is C9H15N3. The Bertz CT molecular complexity index is 214. The highest BCUT2D eigenvalue weighted by Crippen LogP contribution is 1.98. The predicted molar refractivity (Wildman–Crippen MR) is 48.8 cm³/mol. The van der Waals surface area contributed by atoms with Crippen molar-refractivity contribution in [1.29, 1.82) is 0 Å². The van der Waals surface area contributed by atoms with Crippen molar-refractivity contribution in [3.05, 3.63) is 23.8 Å². The van der Waals surface area contributed by atoms with Crippen molar-refractivity contribution in [2.45, 2.75) is 26.3 Å². The average Bonchev–Trinajstić information content (AvgIpc) is 2.06. The summed E-state index contributed by atoms with van der Waals surface area (Å²) in [4.78, 5) is 8.52. The molecule has 0 aliphatic carbocycles. The van der Waals surface area contributed by atoms with Crippen molar-refractivity contribution in [2.75, 3.05) is 7.05 Å². The number of aryl methyl sites for hydroxylation is 1. The highest BCUT2D eigenvalue weighted by Gasteiger charge is 1.96. The van der Waals surface area contributed by atoms with Crippen LogP contribution >= 0.6 is 0 Å². The third-order valence-corrected chi connectivity index (χ3v) is 1.60. The second-order valence-corrected chi connectivity index (χ2v) is 2.74. The normalized spacial score (nSPS) is 10.2. The maximum absolute atomic E-state index is 4.38. The zero-order chi connectivity index (χ0) is 8.81. The van der Waals surface area contributed by atoms with Gasteiger partial charge in [-0.05, 0) is 19.5 Å². The summed E-state index contributed by atoms with van der Waals surface area (Å²) >= 11 is 0. The molecular weight excluding hydrogens is 150 g/mol. The number of rotatable bonds is 4. The molecule has 1 aromatic heterocycles. The number of aromatic nitrogens is 2. The summed E-state index contributed by atoms with van der Waals surface area (Å²) in [5.74, 6) is 0.878. The fourth-order valence-corrected chi connectivity index (χ4v) is 1.08. The molecule has 1 rings (SSSR count). The first-order chi connectivity index (χ1) is 5.86. The Labute approximate surface area is 73.2 Å². The molecule has 0 aliphatic heterocycles. The summed E-state index contributed by atoms with van der Waals surface area (Å²) in [5.41, 5.74) is 1.14. The molecule has 3 nitrogen and oxygen atoms in total. The second-order valence-electron chi connectivity index (χ2n) is 2.74. The van der Waals surface area contributed by atoms with Crippen molar-refractivity contribution >= 4 is 0 Å². The Kier molecular flexibility index (Phi) is 3.67. The molecule has 0 atom stereocenters. The Balaban J connectivity index is 2.67. The maximum atomic E-state index is 4.38. The topological polar surface area (TPSA) is 37.8 Å². The zero-order valence-electron chi connectivity index (χ0n) is 7.67. The first-order valence-corrected chi connectivity index (χ1v) is 4.32. The van der Waals surface area contributed by atoms with Crippen molar-refractivity contribution in [3.8, 4) is 0 Å². The van der Waals surface area contributed by atoms with Gasteiger partial charge in [-0.1, -0.05) is 13.3 Å². The molecule has 0 unspecified atom stereocenters. The summed E-state index contributed by atoms with van der Waals surface area (Å²) in [5, 5.41) is 3.03. The average molecular weight is 165 g/mol. The van der Waals surface area contributed by atoms with Gasteiger partial charge in [0, 0.05) is 11.9 Å². The van der Waals surface area contributed by atoms with Gasteiger partial charge in [-0.3, -0.25) is 0 Å². The summed E-state index contributed by atoms with van der Waals surface area (Å²) < 4.78 is 0. The number of nitrogens with one attached hydrogen (secondary N) is 1. The van der Waals surface area contributed by atoms with E-state index in [-0.39, 0.29) is 0 Å². The van der Waals surface area contributed by atoms with Crippen LogP contribution in [0.25, 0.3) is 0 Å².